The third-order valence-corrected chi connectivity index (χ3v) is 4.13. The summed E-state index contributed by atoms with van der Waals surface area (Å²) in [6.07, 6.45) is 4.74. The quantitative estimate of drug-likeness (QED) is 0.844. The van der Waals surface area contributed by atoms with Gasteiger partial charge in [0.05, 0.1) is 6.42 Å². The number of alkyl halides is 1. The van der Waals surface area contributed by atoms with Crippen molar-refractivity contribution in [2.24, 2.45) is 5.92 Å². The second-order valence-electron chi connectivity index (χ2n) is 5.18. The van der Waals surface area contributed by atoms with E-state index in [1.165, 1.54) is 18.6 Å². The summed E-state index contributed by atoms with van der Waals surface area (Å²) in [5.74, 6) is 0.696. The molecule has 0 saturated heterocycles. The Bertz CT molecular complexity index is 421. The molecule has 0 heterocycles. The number of rotatable bonds is 4. The van der Waals surface area contributed by atoms with E-state index in [1.807, 2.05) is 0 Å². The maximum absolute atomic E-state index is 12.8. The van der Waals surface area contributed by atoms with Crippen molar-refractivity contribution >= 4 is 17.5 Å². The molecule has 1 amide bonds. The molecule has 19 heavy (non-hydrogen) atoms. The Morgan fingerprint density at radius 2 is 1.95 bits per heavy atom. The number of hydrogen-bond donors (Lipinski definition) is 1. The average molecular weight is 284 g/mol. The molecule has 1 fully saturated rings. The molecular weight excluding hydrogens is 265 g/mol. The molecule has 2 rings (SSSR count). The minimum absolute atomic E-state index is 0.00590. The van der Waals surface area contributed by atoms with Gasteiger partial charge in [-0.25, -0.2) is 4.39 Å². The van der Waals surface area contributed by atoms with E-state index in [0.29, 0.717) is 18.2 Å². The number of halogens is 2. The van der Waals surface area contributed by atoms with Crippen LogP contribution in [0.1, 0.15) is 31.2 Å². The van der Waals surface area contributed by atoms with E-state index in [4.69, 9.17) is 11.6 Å². The van der Waals surface area contributed by atoms with Crippen LogP contribution < -0.4 is 5.32 Å². The lowest BCUT2D eigenvalue weighted by atomic mass is 9.85. The molecule has 4 heteroatoms. The van der Waals surface area contributed by atoms with Crippen molar-refractivity contribution in [2.75, 3.05) is 5.88 Å². The minimum atomic E-state index is -0.279. The first kappa shape index (κ1) is 14.3. The predicted molar refractivity (Wildman–Crippen MR) is 74.7 cm³/mol. The summed E-state index contributed by atoms with van der Waals surface area (Å²) in [7, 11) is 0. The van der Waals surface area contributed by atoms with Crippen molar-refractivity contribution in [3.05, 3.63) is 35.6 Å². The van der Waals surface area contributed by atoms with E-state index < -0.39 is 0 Å². The van der Waals surface area contributed by atoms with Crippen LogP contribution in [0.25, 0.3) is 0 Å². The number of carbonyl (C=O) groups excluding carboxylic acids is 1. The van der Waals surface area contributed by atoms with Crippen molar-refractivity contribution in [1.29, 1.82) is 0 Å². The molecule has 1 saturated carbocycles. The van der Waals surface area contributed by atoms with E-state index in [2.05, 4.69) is 5.32 Å². The van der Waals surface area contributed by atoms with Gasteiger partial charge < -0.3 is 5.32 Å². The first-order valence-corrected chi connectivity index (χ1v) is 7.32. The topological polar surface area (TPSA) is 29.1 Å². The zero-order valence-electron chi connectivity index (χ0n) is 10.9. The van der Waals surface area contributed by atoms with Crippen molar-refractivity contribution in [3.63, 3.8) is 0 Å². The first-order valence-electron chi connectivity index (χ1n) is 6.79. The van der Waals surface area contributed by atoms with Crippen LogP contribution in [0.15, 0.2) is 24.3 Å². The number of nitrogens with one attached hydrogen (secondary N) is 1. The second-order valence-corrected chi connectivity index (χ2v) is 5.48. The highest BCUT2D eigenvalue weighted by Gasteiger charge is 2.25. The molecule has 2 nitrogen and oxygen atoms in total. The van der Waals surface area contributed by atoms with Crippen LogP contribution in [0, 0.1) is 11.7 Å². The monoisotopic (exact) mass is 283 g/mol. The maximum atomic E-state index is 12.8. The molecule has 0 radical (unpaired) electrons. The number of benzene rings is 1. The fourth-order valence-electron chi connectivity index (χ4n) is 2.63. The van der Waals surface area contributed by atoms with Crippen LogP contribution in [0.5, 0.6) is 0 Å². The highest BCUT2D eigenvalue weighted by Crippen LogP contribution is 2.25. The fourth-order valence-corrected chi connectivity index (χ4v) is 3.00. The van der Waals surface area contributed by atoms with E-state index in [1.54, 1.807) is 12.1 Å². The molecule has 2 unspecified atom stereocenters. The third-order valence-electron chi connectivity index (χ3n) is 3.73. The van der Waals surface area contributed by atoms with Gasteiger partial charge in [0.15, 0.2) is 0 Å². The normalized spacial score (nSPS) is 23.1. The predicted octanol–water partition coefficient (Wildman–Crippen LogP) is 3.28. The first-order chi connectivity index (χ1) is 9.19. The number of amides is 1. The van der Waals surface area contributed by atoms with Gasteiger partial charge in [-0.2, -0.15) is 0 Å². The molecule has 1 aliphatic rings. The zero-order chi connectivity index (χ0) is 13.7. The van der Waals surface area contributed by atoms with E-state index in [-0.39, 0.29) is 17.8 Å². The molecule has 2 atom stereocenters. The Hall–Kier alpha value is -1.09. The van der Waals surface area contributed by atoms with Crippen molar-refractivity contribution in [3.8, 4) is 0 Å². The SMILES string of the molecule is O=C(Cc1ccc(F)cc1)NC1CCCCC1CCl. The smallest absolute Gasteiger partial charge is 0.224 e. The molecule has 104 valence electrons. The fraction of sp³-hybridized carbons (Fsp3) is 0.533. The van der Waals surface area contributed by atoms with E-state index in [9.17, 15) is 9.18 Å². The standard InChI is InChI=1S/C15H19ClFNO/c16-10-12-3-1-2-4-14(12)18-15(19)9-11-5-7-13(17)8-6-11/h5-8,12,14H,1-4,9-10H2,(H,18,19). The molecular formula is C15H19ClFNO. The molecule has 0 aliphatic heterocycles. The maximum Gasteiger partial charge on any atom is 0.224 e. The largest absolute Gasteiger partial charge is 0.353 e. The van der Waals surface area contributed by atoms with Crippen LogP contribution in [0.4, 0.5) is 4.39 Å². The Morgan fingerprint density at radius 3 is 2.63 bits per heavy atom. The highest BCUT2D eigenvalue weighted by molar-refractivity contribution is 6.18. The Kier molecular flexibility index (Phi) is 5.20. The summed E-state index contributed by atoms with van der Waals surface area (Å²) in [6.45, 7) is 0. The third kappa shape index (κ3) is 4.20. The summed E-state index contributed by atoms with van der Waals surface area (Å²) in [6, 6.07) is 6.25. The van der Waals surface area contributed by atoms with Crippen LogP contribution in [0.3, 0.4) is 0 Å². The molecule has 1 aromatic rings. The molecule has 1 N–H and O–H groups in total. The van der Waals surface area contributed by atoms with Gasteiger partial charge in [0.25, 0.3) is 0 Å². The lowest BCUT2D eigenvalue weighted by Gasteiger charge is -2.30. The molecule has 0 aromatic heterocycles. The summed E-state index contributed by atoms with van der Waals surface area (Å²) < 4.78 is 12.8. The van der Waals surface area contributed by atoms with Gasteiger partial charge in [0, 0.05) is 11.9 Å². The van der Waals surface area contributed by atoms with Gasteiger partial charge in [-0.3, -0.25) is 4.79 Å². The lowest BCUT2D eigenvalue weighted by molar-refractivity contribution is -0.121. The van der Waals surface area contributed by atoms with E-state index in [0.717, 1.165) is 24.8 Å². The van der Waals surface area contributed by atoms with Gasteiger partial charge in [-0.05, 0) is 36.5 Å². The summed E-state index contributed by atoms with van der Waals surface area (Å²) in [4.78, 5) is 12.0. The highest BCUT2D eigenvalue weighted by atomic mass is 35.5. The second kappa shape index (κ2) is 6.90. The number of hydrogen-bond acceptors (Lipinski definition) is 1. The molecule has 1 aromatic carbocycles. The summed E-state index contributed by atoms with van der Waals surface area (Å²) in [5.41, 5.74) is 0.831. The Balaban J connectivity index is 1.88. The van der Waals surface area contributed by atoms with Crippen LogP contribution in [-0.2, 0) is 11.2 Å². The van der Waals surface area contributed by atoms with E-state index >= 15 is 0 Å². The van der Waals surface area contributed by atoms with Crippen molar-refractivity contribution in [1.82, 2.24) is 5.32 Å². The number of carbonyl (C=O) groups is 1. The van der Waals surface area contributed by atoms with Crippen LogP contribution in [-0.4, -0.2) is 17.8 Å². The molecule has 0 spiro atoms. The van der Waals surface area contributed by atoms with Crippen LogP contribution in [0.2, 0.25) is 0 Å². The van der Waals surface area contributed by atoms with Gasteiger partial charge in [0.1, 0.15) is 5.82 Å². The van der Waals surface area contributed by atoms with Gasteiger partial charge in [-0.1, -0.05) is 25.0 Å². The summed E-state index contributed by atoms with van der Waals surface area (Å²) >= 11 is 5.94. The Labute approximate surface area is 118 Å². The van der Waals surface area contributed by atoms with Crippen molar-refractivity contribution in [2.45, 2.75) is 38.1 Å². The lowest BCUT2D eigenvalue weighted by Crippen LogP contribution is -2.43. The van der Waals surface area contributed by atoms with Gasteiger partial charge in [0.2, 0.25) is 5.91 Å². The van der Waals surface area contributed by atoms with Gasteiger partial charge >= 0.3 is 0 Å². The summed E-state index contributed by atoms with van der Waals surface area (Å²) in [5, 5.41) is 3.07. The zero-order valence-corrected chi connectivity index (χ0v) is 11.6. The minimum Gasteiger partial charge on any atom is -0.353 e. The Morgan fingerprint density at radius 1 is 1.26 bits per heavy atom. The molecule has 0 bridgehead atoms. The molecule has 1 aliphatic carbocycles. The van der Waals surface area contributed by atoms with Gasteiger partial charge in [-0.15, -0.1) is 11.6 Å². The van der Waals surface area contributed by atoms with Crippen molar-refractivity contribution < 1.29 is 9.18 Å². The van der Waals surface area contributed by atoms with Crippen LogP contribution >= 0.6 is 11.6 Å². The average Bonchev–Trinajstić information content (AvgIpc) is 2.42.